The SMILES string of the molecule is CCCNc1ccc(S(=O)(=O)N2CCOCC2C)cn1. The van der Waals surface area contributed by atoms with Crippen molar-refractivity contribution in [2.75, 3.05) is 31.6 Å². The Bertz CT molecular complexity index is 530. The van der Waals surface area contributed by atoms with Gasteiger partial charge in [0.2, 0.25) is 10.0 Å². The third-order valence-corrected chi connectivity index (χ3v) is 5.20. The third-order valence-electron chi connectivity index (χ3n) is 3.21. The molecule has 1 atom stereocenters. The maximum atomic E-state index is 12.5. The number of anilines is 1. The second-order valence-electron chi connectivity index (χ2n) is 4.85. The number of pyridine rings is 1. The molecule has 0 spiro atoms. The second kappa shape index (κ2) is 6.51. The summed E-state index contributed by atoms with van der Waals surface area (Å²) >= 11 is 0. The van der Waals surface area contributed by atoms with E-state index in [9.17, 15) is 8.42 Å². The Morgan fingerprint density at radius 3 is 2.90 bits per heavy atom. The van der Waals surface area contributed by atoms with Crippen molar-refractivity contribution in [2.24, 2.45) is 0 Å². The number of ether oxygens (including phenoxy) is 1. The summed E-state index contributed by atoms with van der Waals surface area (Å²) in [5, 5.41) is 3.12. The Balaban J connectivity index is 2.16. The van der Waals surface area contributed by atoms with Gasteiger partial charge in [-0.25, -0.2) is 13.4 Å². The molecule has 1 aliphatic heterocycles. The largest absolute Gasteiger partial charge is 0.378 e. The summed E-state index contributed by atoms with van der Waals surface area (Å²) in [4.78, 5) is 4.38. The van der Waals surface area contributed by atoms with E-state index in [1.54, 1.807) is 12.1 Å². The average molecular weight is 299 g/mol. The van der Waals surface area contributed by atoms with Gasteiger partial charge in [0.25, 0.3) is 0 Å². The standard InChI is InChI=1S/C13H21N3O3S/c1-3-6-14-13-5-4-12(9-15-13)20(17,18)16-7-8-19-10-11(16)2/h4-5,9,11H,3,6-8,10H2,1-2H3,(H,14,15). The number of hydrogen-bond acceptors (Lipinski definition) is 5. The molecule has 1 aliphatic rings. The van der Waals surface area contributed by atoms with Crippen LogP contribution in [-0.4, -0.2) is 50.1 Å². The lowest BCUT2D eigenvalue weighted by Crippen LogP contribution is -2.46. The number of aromatic nitrogens is 1. The van der Waals surface area contributed by atoms with Crippen molar-refractivity contribution in [1.82, 2.24) is 9.29 Å². The lowest BCUT2D eigenvalue weighted by atomic mass is 10.3. The molecule has 0 radical (unpaired) electrons. The van der Waals surface area contributed by atoms with Gasteiger partial charge in [0.1, 0.15) is 10.7 Å². The molecule has 0 amide bonds. The summed E-state index contributed by atoms with van der Waals surface area (Å²) in [6.07, 6.45) is 2.41. The van der Waals surface area contributed by atoms with Crippen LogP contribution in [0.4, 0.5) is 5.82 Å². The first-order valence-electron chi connectivity index (χ1n) is 6.85. The van der Waals surface area contributed by atoms with Crippen LogP contribution < -0.4 is 5.32 Å². The molecule has 0 aliphatic carbocycles. The fourth-order valence-corrected chi connectivity index (χ4v) is 3.64. The summed E-state index contributed by atoms with van der Waals surface area (Å²) in [6.45, 7) is 5.99. The molecule has 20 heavy (non-hydrogen) atoms. The molecule has 2 rings (SSSR count). The van der Waals surface area contributed by atoms with E-state index in [0.29, 0.717) is 25.6 Å². The van der Waals surface area contributed by atoms with Gasteiger partial charge in [-0.1, -0.05) is 6.92 Å². The van der Waals surface area contributed by atoms with Gasteiger partial charge in [0, 0.05) is 25.3 Å². The lowest BCUT2D eigenvalue weighted by molar-refractivity contribution is 0.0392. The van der Waals surface area contributed by atoms with Crippen molar-refractivity contribution >= 4 is 15.8 Å². The average Bonchev–Trinajstić information content (AvgIpc) is 2.46. The predicted molar refractivity (Wildman–Crippen MR) is 77.2 cm³/mol. The molecule has 0 bridgehead atoms. The number of morpholine rings is 1. The van der Waals surface area contributed by atoms with Crippen LogP contribution >= 0.6 is 0 Å². The second-order valence-corrected chi connectivity index (χ2v) is 6.74. The predicted octanol–water partition coefficient (Wildman–Crippen LogP) is 1.31. The van der Waals surface area contributed by atoms with Crippen molar-refractivity contribution < 1.29 is 13.2 Å². The maximum Gasteiger partial charge on any atom is 0.245 e. The summed E-state index contributed by atoms with van der Waals surface area (Å²) in [5.74, 6) is 0.695. The number of sulfonamides is 1. The highest BCUT2D eigenvalue weighted by molar-refractivity contribution is 7.89. The van der Waals surface area contributed by atoms with Gasteiger partial charge in [0.05, 0.1) is 13.2 Å². The Hall–Kier alpha value is -1.18. The first kappa shape index (κ1) is 15.2. The molecule has 1 N–H and O–H groups in total. The fourth-order valence-electron chi connectivity index (χ4n) is 2.09. The molecule has 6 nitrogen and oxygen atoms in total. The zero-order valence-electron chi connectivity index (χ0n) is 11.9. The smallest absolute Gasteiger partial charge is 0.245 e. The van der Waals surface area contributed by atoms with Crippen molar-refractivity contribution in [3.8, 4) is 0 Å². The molecule has 7 heteroatoms. The number of hydrogen-bond donors (Lipinski definition) is 1. The Kier molecular flexibility index (Phi) is 4.95. The van der Waals surface area contributed by atoms with E-state index in [4.69, 9.17) is 4.74 Å². The Morgan fingerprint density at radius 1 is 1.50 bits per heavy atom. The van der Waals surface area contributed by atoms with Gasteiger partial charge in [-0.15, -0.1) is 0 Å². The molecule has 1 fully saturated rings. The van der Waals surface area contributed by atoms with Gasteiger partial charge in [-0.05, 0) is 25.5 Å². The van der Waals surface area contributed by atoms with Crippen molar-refractivity contribution in [1.29, 1.82) is 0 Å². The molecule has 1 aromatic heterocycles. The molecular formula is C13H21N3O3S. The van der Waals surface area contributed by atoms with E-state index in [-0.39, 0.29) is 10.9 Å². The first-order chi connectivity index (χ1) is 9.55. The molecular weight excluding hydrogens is 278 g/mol. The molecule has 0 saturated carbocycles. The molecule has 112 valence electrons. The summed E-state index contributed by atoms with van der Waals surface area (Å²) in [5.41, 5.74) is 0. The minimum Gasteiger partial charge on any atom is -0.378 e. The fraction of sp³-hybridized carbons (Fsp3) is 0.615. The minimum atomic E-state index is -3.49. The van der Waals surface area contributed by atoms with Crippen LogP contribution in [0, 0.1) is 0 Å². The molecule has 1 unspecified atom stereocenters. The van der Waals surface area contributed by atoms with Crippen molar-refractivity contribution in [2.45, 2.75) is 31.2 Å². The summed E-state index contributed by atoms with van der Waals surface area (Å²) in [7, 11) is -3.49. The van der Waals surface area contributed by atoms with Gasteiger partial charge in [-0.2, -0.15) is 4.31 Å². The van der Waals surface area contributed by atoms with E-state index in [1.165, 1.54) is 10.5 Å². The van der Waals surface area contributed by atoms with Gasteiger partial charge >= 0.3 is 0 Å². The van der Waals surface area contributed by atoms with Crippen LogP contribution in [0.15, 0.2) is 23.2 Å². The van der Waals surface area contributed by atoms with Crippen LogP contribution in [0.5, 0.6) is 0 Å². The first-order valence-corrected chi connectivity index (χ1v) is 8.29. The Labute approximate surface area is 120 Å². The highest BCUT2D eigenvalue weighted by atomic mass is 32.2. The van der Waals surface area contributed by atoms with Gasteiger partial charge in [-0.3, -0.25) is 0 Å². The van der Waals surface area contributed by atoms with Crippen molar-refractivity contribution in [3.63, 3.8) is 0 Å². The van der Waals surface area contributed by atoms with Crippen LogP contribution in [0.2, 0.25) is 0 Å². The number of nitrogens with one attached hydrogen (secondary N) is 1. The van der Waals surface area contributed by atoms with Crippen LogP contribution in [0.25, 0.3) is 0 Å². The minimum absolute atomic E-state index is 0.147. The quantitative estimate of drug-likeness (QED) is 0.887. The normalized spacial score (nSPS) is 20.8. The zero-order chi connectivity index (χ0) is 14.6. The van der Waals surface area contributed by atoms with E-state index in [2.05, 4.69) is 17.2 Å². The lowest BCUT2D eigenvalue weighted by Gasteiger charge is -2.32. The zero-order valence-corrected chi connectivity index (χ0v) is 12.7. The van der Waals surface area contributed by atoms with Gasteiger partial charge in [0.15, 0.2) is 0 Å². The van der Waals surface area contributed by atoms with E-state index in [0.717, 1.165) is 13.0 Å². The number of rotatable bonds is 5. The molecule has 1 saturated heterocycles. The molecule has 2 heterocycles. The highest BCUT2D eigenvalue weighted by Crippen LogP contribution is 2.20. The third kappa shape index (κ3) is 3.28. The maximum absolute atomic E-state index is 12.5. The molecule has 0 aromatic carbocycles. The monoisotopic (exact) mass is 299 g/mol. The van der Waals surface area contributed by atoms with Crippen LogP contribution in [0.1, 0.15) is 20.3 Å². The highest BCUT2D eigenvalue weighted by Gasteiger charge is 2.31. The summed E-state index contributed by atoms with van der Waals surface area (Å²) < 4.78 is 31.8. The van der Waals surface area contributed by atoms with Crippen LogP contribution in [-0.2, 0) is 14.8 Å². The van der Waals surface area contributed by atoms with Crippen LogP contribution in [0.3, 0.4) is 0 Å². The van der Waals surface area contributed by atoms with E-state index < -0.39 is 10.0 Å². The summed E-state index contributed by atoms with van der Waals surface area (Å²) in [6, 6.07) is 3.16. The topological polar surface area (TPSA) is 71.5 Å². The van der Waals surface area contributed by atoms with E-state index >= 15 is 0 Å². The van der Waals surface area contributed by atoms with Crippen molar-refractivity contribution in [3.05, 3.63) is 18.3 Å². The van der Waals surface area contributed by atoms with E-state index in [1.807, 2.05) is 6.92 Å². The molecule has 1 aromatic rings. The number of nitrogens with zero attached hydrogens (tertiary/aromatic N) is 2. The Morgan fingerprint density at radius 2 is 2.30 bits per heavy atom. The van der Waals surface area contributed by atoms with Gasteiger partial charge < -0.3 is 10.1 Å².